The molecule has 3 N–H and O–H groups in total. The van der Waals surface area contributed by atoms with Crippen molar-refractivity contribution in [3.63, 3.8) is 0 Å². The van der Waals surface area contributed by atoms with Crippen molar-refractivity contribution in [3.05, 3.63) is 5.01 Å². The summed E-state index contributed by atoms with van der Waals surface area (Å²) in [6, 6.07) is -0.486. The van der Waals surface area contributed by atoms with E-state index < -0.39 is 17.4 Å². The van der Waals surface area contributed by atoms with Gasteiger partial charge >= 0.3 is 5.97 Å². The van der Waals surface area contributed by atoms with Gasteiger partial charge in [0.1, 0.15) is 21.8 Å². The van der Waals surface area contributed by atoms with Crippen LogP contribution in [0.3, 0.4) is 0 Å². The largest absolute Gasteiger partial charge is 0.481 e. The van der Waals surface area contributed by atoms with Crippen LogP contribution in [0.15, 0.2) is 4.34 Å². The number of nitrogens with two attached hydrogens (primary N) is 1. The van der Waals surface area contributed by atoms with Crippen LogP contribution in [-0.2, 0) is 16.0 Å². The van der Waals surface area contributed by atoms with E-state index >= 15 is 0 Å². The lowest BCUT2D eigenvalue weighted by Crippen LogP contribution is -2.72. The zero-order valence-electron chi connectivity index (χ0n) is 11.9. The number of amides is 1. The van der Waals surface area contributed by atoms with Crippen molar-refractivity contribution in [1.29, 1.82) is 0 Å². The zero-order chi connectivity index (χ0) is 15.9. The molecule has 0 saturated carbocycles. The molecule has 0 radical (unpaired) electrons. The third-order valence-corrected chi connectivity index (χ3v) is 7.96. The van der Waals surface area contributed by atoms with Gasteiger partial charge in [-0.1, -0.05) is 30.0 Å². The van der Waals surface area contributed by atoms with Crippen molar-refractivity contribution < 1.29 is 14.7 Å². The molecule has 3 heterocycles. The quantitative estimate of drug-likeness (QED) is 0.577. The summed E-state index contributed by atoms with van der Waals surface area (Å²) >= 11 is 4.35. The number of carboxylic acids is 1. The van der Waals surface area contributed by atoms with Crippen LogP contribution in [0.5, 0.6) is 0 Å². The number of thioether (sulfide) groups is 2. The predicted octanol–water partition coefficient (Wildman–Crippen LogP) is 0.506. The second kappa shape index (κ2) is 5.99. The first kappa shape index (κ1) is 16.0. The molecule has 0 aromatic carbocycles. The molecule has 1 amide bonds. The van der Waals surface area contributed by atoms with Crippen LogP contribution < -0.4 is 5.73 Å². The maximum atomic E-state index is 11.8. The number of hydrogen-bond donors (Lipinski definition) is 2. The van der Waals surface area contributed by atoms with Gasteiger partial charge in [-0.05, 0) is 6.42 Å². The van der Waals surface area contributed by atoms with Crippen molar-refractivity contribution in [1.82, 2.24) is 15.1 Å². The van der Waals surface area contributed by atoms with Gasteiger partial charge in [0.15, 0.2) is 4.34 Å². The highest BCUT2D eigenvalue weighted by atomic mass is 32.2. The van der Waals surface area contributed by atoms with Gasteiger partial charge in [-0.2, -0.15) is 0 Å². The van der Waals surface area contributed by atoms with Gasteiger partial charge in [0.05, 0.1) is 0 Å². The molecule has 10 heteroatoms. The van der Waals surface area contributed by atoms with Gasteiger partial charge in [0.2, 0.25) is 5.91 Å². The van der Waals surface area contributed by atoms with Gasteiger partial charge in [-0.15, -0.1) is 22.0 Å². The van der Waals surface area contributed by atoms with E-state index in [0.717, 1.165) is 15.8 Å². The molecular formula is C12H16N4O3S3. The summed E-state index contributed by atoms with van der Waals surface area (Å²) in [5.74, 6) is -0.201. The predicted molar refractivity (Wildman–Crippen MR) is 86.0 cm³/mol. The summed E-state index contributed by atoms with van der Waals surface area (Å²) in [4.78, 5) is 25.2. The Bertz CT molecular complexity index is 610. The molecule has 1 aromatic rings. The van der Waals surface area contributed by atoms with Gasteiger partial charge in [-0.3, -0.25) is 9.59 Å². The SMILES string of the molecule is CCc1nnc(SCC2(C(=O)O)CS[C@@H]3C(N)C(=O)N3C2)s1. The summed E-state index contributed by atoms with van der Waals surface area (Å²) in [5.41, 5.74) is 4.78. The Morgan fingerprint density at radius 3 is 3.00 bits per heavy atom. The standard InChI is InChI=1S/C12H16N4O3S3/c1-2-6-14-15-11(22-6)21-5-12(10(18)19)3-16-8(17)7(13)9(16)20-4-12/h7,9H,2-5,13H2,1H3,(H,18,19)/t7?,9-,12?/m1/s1. The first-order chi connectivity index (χ1) is 10.5. The lowest BCUT2D eigenvalue weighted by Gasteiger charge is -2.52. The maximum absolute atomic E-state index is 11.8. The fourth-order valence-corrected chi connectivity index (χ4v) is 6.09. The average molecular weight is 360 g/mol. The van der Waals surface area contributed by atoms with E-state index in [4.69, 9.17) is 5.73 Å². The minimum absolute atomic E-state index is 0.0711. The number of aliphatic carboxylic acids is 1. The fourth-order valence-electron chi connectivity index (χ4n) is 2.45. The first-order valence-electron chi connectivity index (χ1n) is 6.83. The van der Waals surface area contributed by atoms with E-state index in [0.29, 0.717) is 11.5 Å². The Kier molecular flexibility index (Phi) is 4.36. The minimum Gasteiger partial charge on any atom is -0.481 e. The minimum atomic E-state index is -0.959. The van der Waals surface area contributed by atoms with Crippen molar-refractivity contribution in [2.45, 2.75) is 29.1 Å². The highest BCUT2D eigenvalue weighted by molar-refractivity contribution is 8.01. The van der Waals surface area contributed by atoms with Crippen molar-refractivity contribution >= 4 is 46.7 Å². The number of carbonyl (C=O) groups is 2. The molecule has 3 atom stereocenters. The smallest absolute Gasteiger partial charge is 0.313 e. The molecule has 22 heavy (non-hydrogen) atoms. The number of carboxylic acid groups (broad SMARTS) is 1. The topological polar surface area (TPSA) is 109 Å². The molecule has 2 unspecified atom stereocenters. The first-order valence-corrected chi connectivity index (χ1v) is 9.68. The zero-order valence-corrected chi connectivity index (χ0v) is 14.3. The van der Waals surface area contributed by atoms with Gasteiger partial charge < -0.3 is 15.7 Å². The van der Waals surface area contributed by atoms with E-state index in [9.17, 15) is 14.7 Å². The van der Waals surface area contributed by atoms with Crippen LogP contribution in [0.25, 0.3) is 0 Å². The second-order valence-electron chi connectivity index (χ2n) is 5.38. The van der Waals surface area contributed by atoms with Crippen LogP contribution >= 0.6 is 34.9 Å². The molecule has 2 saturated heterocycles. The van der Waals surface area contributed by atoms with Crippen molar-refractivity contribution in [2.75, 3.05) is 18.1 Å². The maximum Gasteiger partial charge on any atom is 0.313 e. The Morgan fingerprint density at radius 1 is 1.59 bits per heavy atom. The molecule has 7 nitrogen and oxygen atoms in total. The fraction of sp³-hybridized carbons (Fsp3) is 0.667. The van der Waals surface area contributed by atoms with Gasteiger partial charge in [0, 0.05) is 18.1 Å². The Morgan fingerprint density at radius 2 is 2.36 bits per heavy atom. The van der Waals surface area contributed by atoms with Gasteiger partial charge in [0.25, 0.3) is 0 Å². The monoisotopic (exact) mass is 360 g/mol. The number of aryl methyl sites for hydroxylation is 1. The third kappa shape index (κ3) is 2.61. The molecule has 2 aliphatic heterocycles. The molecule has 1 aromatic heterocycles. The molecule has 2 aliphatic rings. The summed E-state index contributed by atoms with van der Waals surface area (Å²) in [7, 11) is 0. The van der Waals surface area contributed by atoms with E-state index in [-0.39, 0.29) is 17.8 Å². The average Bonchev–Trinajstić information content (AvgIpc) is 2.99. The molecule has 0 bridgehead atoms. The number of carbonyl (C=O) groups excluding carboxylic acids is 1. The van der Waals surface area contributed by atoms with Crippen LogP contribution in [-0.4, -0.2) is 61.5 Å². The van der Waals surface area contributed by atoms with Crippen molar-refractivity contribution in [2.24, 2.45) is 11.1 Å². The number of hydrogen-bond acceptors (Lipinski definition) is 8. The Balaban J connectivity index is 1.70. The summed E-state index contributed by atoms with van der Waals surface area (Å²) in [6.45, 7) is 2.23. The summed E-state index contributed by atoms with van der Waals surface area (Å²) in [6.07, 6.45) is 0.819. The molecule has 2 fully saturated rings. The molecule has 3 rings (SSSR count). The number of β-lactam (4-membered cyclic amide) rings is 1. The molecular weight excluding hydrogens is 344 g/mol. The van der Waals surface area contributed by atoms with Crippen LogP contribution in [0.1, 0.15) is 11.9 Å². The summed E-state index contributed by atoms with van der Waals surface area (Å²) < 4.78 is 0.774. The van der Waals surface area contributed by atoms with E-state index in [2.05, 4.69) is 10.2 Å². The lowest BCUT2D eigenvalue weighted by atomic mass is 9.89. The number of nitrogens with zero attached hydrogens (tertiary/aromatic N) is 3. The second-order valence-corrected chi connectivity index (χ2v) is 8.77. The Labute approximate surface area is 140 Å². The van der Waals surface area contributed by atoms with Crippen LogP contribution in [0, 0.1) is 5.41 Å². The highest BCUT2D eigenvalue weighted by Crippen LogP contribution is 2.44. The lowest BCUT2D eigenvalue weighted by molar-refractivity contribution is -0.155. The molecule has 120 valence electrons. The normalized spacial score (nSPS) is 30.8. The van der Waals surface area contributed by atoms with E-state index in [1.54, 1.807) is 4.90 Å². The van der Waals surface area contributed by atoms with Crippen LogP contribution in [0.2, 0.25) is 0 Å². The van der Waals surface area contributed by atoms with E-state index in [1.807, 2.05) is 6.92 Å². The number of fused-ring (bicyclic) bond motifs is 1. The number of rotatable bonds is 5. The molecule has 0 spiro atoms. The van der Waals surface area contributed by atoms with Crippen LogP contribution in [0.4, 0.5) is 0 Å². The van der Waals surface area contributed by atoms with E-state index in [1.165, 1.54) is 34.9 Å². The molecule has 0 aliphatic carbocycles. The Hall–Kier alpha value is -0.840. The van der Waals surface area contributed by atoms with Gasteiger partial charge in [-0.25, -0.2) is 0 Å². The van der Waals surface area contributed by atoms with Crippen molar-refractivity contribution in [3.8, 4) is 0 Å². The third-order valence-electron chi connectivity index (χ3n) is 3.86. The summed E-state index contributed by atoms with van der Waals surface area (Å²) in [5, 5.41) is 18.6. The number of aromatic nitrogens is 2. The highest BCUT2D eigenvalue weighted by Gasteiger charge is 2.55.